The Hall–Kier alpha value is -0.0500. The van der Waals surface area contributed by atoms with Crippen molar-refractivity contribution in [2.75, 3.05) is 13.1 Å². The van der Waals surface area contributed by atoms with Gasteiger partial charge in [-0.2, -0.15) is 0 Å². The van der Waals surface area contributed by atoms with E-state index in [1.807, 2.05) is 18.7 Å². The second-order valence-corrected chi connectivity index (χ2v) is 6.43. The summed E-state index contributed by atoms with van der Waals surface area (Å²) in [5, 5.41) is 0. The van der Waals surface area contributed by atoms with E-state index >= 15 is 0 Å². The molecule has 1 fully saturated rings. The van der Waals surface area contributed by atoms with Gasteiger partial charge in [-0.15, -0.1) is 0 Å². The predicted octanol–water partition coefficient (Wildman–Crippen LogP) is 2.42. The van der Waals surface area contributed by atoms with Crippen molar-refractivity contribution in [2.45, 2.75) is 37.9 Å². The zero-order valence-electron chi connectivity index (χ0n) is 8.64. The Morgan fingerprint density at radius 1 is 1.38 bits per heavy atom. The number of alkyl halides is 1. The highest BCUT2D eigenvalue weighted by atomic mass is 79.9. The fourth-order valence-corrected chi connectivity index (χ4v) is 1.84. The first-order valence-electron chi connectivity index (χ1n) is 4.89. The highest BCUT2D eigenvalue weighted by Crippen LogP contribution is 2.23. The molecular weight excluding hydrogens is 230 g/mol. The number of amides is 1. The third-order valence-electron chi connectivity index (χ3n) is 2.58. The first-order chi connectivity index (χ1) is 5.91. The lowest BCUT2D eigenvalue weighted by atomic mass is 9.98. The molecule has 0 spiro atoms. The number of hydrogen-bond acceptors (Lipinski definition) is 1. The third kappa shape index (κ3) is 2.97. The molecule has 1 heterocycles. The van der Waals surface area contributed by atoms with Crippen molar-refractivity contribution < 1.29 is 4.79 Å². The molecule has 76 valence electrons. The van der Waals surface area contributed by atoms with Crippen molar-refractivity contribution in [1.29, 1.82) is 0 Å². The van der Waals surface area contributed by atoms with Gasteiger partial charge in [0.25, 0.3) is 0 Å². The number of hydrogen-bond donors (Lipinski definition) is 0. The maximum atomic E-state index is 11.8. The van der Waals surface area contributed by atoms with E-state index in [-0.39, 0.29) is 5.91 Å². The molecule has 0 N–H and O–H groups in total. The minimum absolute atomic E-state index is 0.222. The Bertz CT molecular complexity index is 190. The van der Waals surface area contributed by atoms with Gasteiger partial charge >= 0.3 is 0 Å². The van der Waals surface area contributed by atoms with Gasteiger partial charge in [0.1, 0.15) is 0 Å². The summed E-state index contributed by atoms with van der Waals surface area (Å²) in [5.41, 5.74) is 0. The van der Waals surface area contributed by atoms with Crippen LogP contribution in [0.4, 0.5) is 0 Å². The van der Waals surface area contributed by atoms with Gasteiger partial charge in [0, 0.05) is 13.1 Å². The van der Waals surface area contributed by atoms with Crippen LogP contribution in [0, 0.1) is 5.92 Å². The van der Waals surface area contributed by atoms with Crippen LogP contribution < -0.4 is 0 Å². The maximum absolute atomic E-state index is 11.8. The molecule has 3 heteroatoms. The summed E-state index contributed by atoms with van der Waals surface area (Å²) >= 11 is 3.40. The SMILES string of the molecule is CC1CCN(C(=O)C(C)(C)Br)CC1. The zero-order valence-corrected chi connectivity index (χ0v) is 10.2. The van der Waals surface area contributed by atoms with Crippen LogP contribution in [0.3, 0.4) is 0 Å². The average molecular weight is 248 g/mol. The van der Waals surface area contributed by atoms with Crippen LogP contribution in [0.1, 0.15) is 33.6 Å². The molecule has 1 aliphatic heterocycles. The lowest BCUT2D eigenvalue weighted by Gasteiger charge is -2.33. The molecule has 2 nitrogen and oxygen atoms in total. The second kappa shape index (κ2) is 3.99. The van der Waals surface area contributed by atoms with Gasteiger partial charge in [-0.25, -0.2) is 0 Å². The molecule has 13 heavy (non-hydrogen) atoms. The van der Waals surface area contributed by atoms with Gasteiger partial charge in [0.2, 0.25) is 5.91 Å². The van der Waals surface area contributed by atoms with E-state index in [0.29, 0.717) is 0 Å². The molecule has 0 radical (unpaired) electrons. The van der Waals surface area contributed by atoms with E-state index in [1.54, 1.807) is 0 Å². The van der Waals surface area contributed by atoms with E-state index in [9.17, 15) is 4.79 Å². The standard InChI is InChI=1S/C10H18BrNO/c1-8-4-6-12(7-5-8)9(13)10(2,3)11/h8H,4-7H2,1-3H3. The summed E-state index contributed by atoms with van der Waals surface area (Å²) in [5.74, 6) is 1.00. The molecule has 0 aliphatic carbocycles. The highest BCUT2D eigenvalue weighted by molar-refractivity contribution is 9.10. The summed E-state index contributed by atoms with van der Waals surface area (Å²) in [6.07, 6.45) is 2.30. The fraction of sp³-hybridized carbons (Fsp3) is 0.900. The summed E-state index contributed by atoms with van der Waals surface area (Å²) in [6.45, 7) is 7.92. The first-order valence-corrected chi connectivity index (χ1v) is 5.69. The van der Waals surface area contributed by atoms with E-state index < -0.39 is 4.32 Å². The lowest BCUT2D eigenvalue weighted by molar-refractivity contribution is -0.134. The van der Waals surface area contributed by atoms with Crippen LogP contribution in [0.2, 0.25) is 0 Å². The monoisotopic (exact) mass is 247 g/mol. The molecule has 1 rings (SSSR count). The van der Waals surface area contributed by atoms with Crippen LogP contribution in [0.25, 0.3) is 0 Å². The lowest BCUT2D eigenvalue weighted by Crippen LogP contribution is -2.45. The Morgan fingerprint density at radius 2 is 1.85 bits per heavy atom. The van der Waals surface area contributed by atoms with E-state index in [4.69, 9.17) is 0 Å². The molecule has 1 saturated heterocycles. The number of carbonyl (C=O) groups is 1. The molecule has 0 bridgehead atoms. The second-order valence-electron chi connectivity index (χ2n) is 4.45. The molecule has 1 amide bonds. The normalized spacial score (nSPS) is 20.5. The molecule has 0 unspecified atom stereocenters. The Morgan fingerprint density at radius 3 is 2.23 bits per heavy atom. The Kier molecular flexibility index (Phi) is 3.38. The molecular formula is C10H18BrNO. The fourth-order valence-electron chi connectivity index (χ4n) is 1.59. The summed E-state index contributed by atoms with van der Waals surface area (Å²) in [6, 6.07) is 0. The van der Waals surface area contributed by atoms with E-state index in [1.165, 1.54) is 0 Å². The smallest absolute Gasteiger partial charge is 0.238 e. The Labute approximate surface area is 88.8 Å². The average Bonchev–Trinajstić information content (AvgIpc) is 2.03. The minimum atomic E-state index is -0.395. The topological polar surface area (TPSA) is 20.3 Å². The number of carbonyl (C=O) groups excluding carboxylic acids is 1. The van der Waals surface area contributed by atoms with Crippen LogP contribution in [-0.2, 0) is 4.79 Å². The molecule has 0 aromatic rings. The number of nitrogens with zero attached hydrogens (tertiary/aromatic N) is 1. The van der Waals surface area contributed by atoms with E-state index in [0.717, 1.165) is 31.8 Å². The van der Waals surface area contributed by atoms with Crippen molar-refractivity contribution in [3.63, 3.8) is 0 Å². The predicted molar refractivity (Wildman–Crippen MR) is 58.0 cm³/mol. The van der Waals surface area contributed by atoms with Gasteiger partial charge < -0.3 is 4.90 Å². The van der Waals surface area contributed by atoms with Crippen molar-refractivity contribution in [3.8, 4) is 0 Å². The highest BCUT2D eigenvalue weighted by Gasteiger charge is 2.30. The van der Waals surface area contributed by atoms with Crippen molar-refractivity contribution in [1.82, 2.24) is 4.90 Å². The Balaban J connectivity index is 2.50. The van der Waals surface area contributed by atoms with Gasteiger partial charge in [-0.3, -0.25) is 4.79 Å². The van der Waals surface area contributed by atoms with Gasteiger partial charge in [-0.1, -0.05) is 22.9 Å². The van der Waals surface area contributed by atoms with Gasteiger partial charge in [0.15, 0.2) is 0 Å². The van der Waals surface area contributed by atoms with Crippen LogP contribution in [-0.4, -0.2) is 28.2 Å². The quantitative estimate of drug-likeness (QED) is 0.652. The van der Waals surface area contributed by atoms with Crippen LogP contribution >= 0.6 is 15.9 Å². The number of rotatable bonds is 1. The molecule has 0 atom stereocenters. The van der Waals surface area contributed by atoms with Crippen molar-refractivity contribution in [2.24, 2.45) is 5.92 Å². The molecule has 0 aromatic carbocycles. The summed E-state index contributed by atoms with van der Waals surface area (Å²) < 4.78 is -0.395. The van der Waals surface area contributed by atoms with Crippen molar-refractivity contribution in [3.05, 3.63) is 0 Å². The summed E-state index contributed by atoms with van der Waals surface area (Å²) in [4.78, 5) is 13.8. The van der Waals surface area contributed by atoms with Gasteiger partial charge in [-0.05, 0) is 32.6 Å². The zero-order chi connectivity index (χ0) is 10.1. The van der Waals surface area contributed by atoms with Crippen LogP contribution in [0.5, 0.6) is 0 Å². The molecule has 0 aromatic heterocycles. The number of piperidine rings is 1. The van der Waals surface area contributed by atoms with Crippen molar-refractivity contribution >= 4 is 21.8 Å². The van der Waals surface area contributed by atoms with Gasteiger partial charge in [0.05, 0.1) is 4.32 Å². The third-order valence-corrected chi connectivity index (χ3v) is 2.92. The number of halogens is 1. The van der Waals surface area contributed by atoms with Crippen LogP contribution in [0.15, 0.2) is 0 Å². The minimum Gasteiger partial charge on any atom is -0.341 e. The largest absolute Gasteiger partial charge is 0.341 e. The number of likely N-dealkylation sites (tertiary alicyclic amines) is 1. The maximum Gasteiger partial charge on any atom is 0.238 e. The molecule has 1 aliphatic rings. The summed E-state index contributed by atoms with van der Waals surface area (Å²) in [7, 11) is 0. The molecule has 0 saturated carbocycles. The van der Waals surface area contributed by atoms with E-state index in [2.05, 4.69) is 22.9 Å². The first kappa shape index (κ1) is 11.0.